The Bertz CT molecular complexity index is 903. The maximum absolute atomic E-state index is 11.5. The lowest BCUT2D eigenvalue weighted by Gasteiger charge is -2.21. The van der Waals surface area contributed by atoms with E-state index in [9.17, 15) is 4.79 Å². The van der Waals surface area contributed by atoms with Gasteiger partial charge in [-0.15, -0.1) is 11.3 Å². The minimum atomic E-state index is -0.673. The molecule has 0 aliphatic carbocycles. The van der Waals surface area contributed by atoms with Gasteiger partial charge in [-0.05, 0) is 31.5 Å². The first-order valence-electron chi connectivity index (χ1n) is 7.83. The number of benzene rings is 1. The molecule has 0 aliphatic rings. The van der Waals surface area contributed by atoms with E-state index in [1.807, 2.05) is 24.3 Å². The lowest BCUT2D eigenvalue weighted by molar-refractivity contribution is -0.125. The van der Waals surface area contributed by atoms with Crippen LogP contribution in [0.1, 0.15) is 13.8 Å². The minimum absolute atomic E-state index is 0.356. The highest BCUT2D eigenvalue weighted by atomic mass is 32.1. The number of rotatable bonds is 6. The molecule has 3 rings (SSSR count). The number of primary amides is 1. The van der Waals surface area contributed by atoms with E-state index in [0.717, 1.165) is 27.1 Å². The molecular formula is C18H20N4O2S. The van der Waals surface area contributed by atoms with Crippen LogP contribution in [0.4, 0.5) is 5.82 Å². The fourth-order valence-corrected chi connectivity index (χ4v) is 3.30. The summed E-state index contributed by atoms with van der Waals surface area (Å²) >= 11 is 1.56. The molecule has 0 unspecified atom stereocenters. The second kappa shape index (κ2) is 6.68. The van der Waals surface area contributed by atoms with Gasteiger partial charge in [-0.3, -0.25) is 4.79 Å². The molecule has 0 bridgehead atoms. The van der Waals surface area contributed by atoms with Crippen molar-refractivity contribution in [3.8, 4) is 16.9 Å². The quantitative estimate of drug-likeness (QED) is 0.707. The van der Waals surface area contributed by atoms with Crippen molar-refractivity contribution in [3.05, 3.63) is 36.0 Å². The molecule has 0 radical (unpaired) electrons. The smallest absolute Gasteiger partial charge is 0.224 e. The number of anilines is 1. The number of fused-ring (bicyclic) bond motifs is 1. The average molecular weight is 356 g/mol. The largest absolute Gasteiger partial charge is 0.497 e. The van der Waals surface area contributed by atoms with Gasteiger partial charge in [0, 0.05) is 17.5 Å². The van der Waals surface area contributed by atoms with Crippen LogP contribution in [0.2, 0.25) is 0 Å². The molecule has 3 N–H and O–H groups in total. The number of hydrogen-bond acceptors (Lipinski definition) is 6. The standard InChI is InChI=1S/C18H20N4O2S/c1-18(2,17(19)23)9-20-15-14-13(8-25-16(14)22-10-21-15)11-4-6-12(24-3)7-5-11/h4-8,10H,9H2,1-3H3,(H2,19,23)(H,20,21,22). The summed E-state index contributed by atoms with van der Waals surface area (Å²) in [5, 5.41) is 6.26. The number of nitrogens with two attached hydrogens (primary N) is 1. The van der Waals surface area contributed by atoms with E-state index < -0.39 is 5.41 Å². The van der Waals surface area contributed by atoms with Crippen molar-refractivity contribution in [2.45, 2.75) is 13.8 Å². The SMILES string of the molecule is COc1ccc(-c2csc3ncnc(NCC(C)(C)C(N)=O)c23)cc1. The second-order valence-corrected chi connectivity index (χ2v) is 7.24. The summed E-state index contributed by atoms with van der Waals surface area (Å²) in [4.78, 5) is 21.2. The van der Waals surface area contributed by atoms with E-state index in [0.29, 0.717) is 12.4 Å². The van der Waals surface area contributed by atoms with Crippen LogP contribution < -0.4 is 15.8 Å². The Hall–Kier alpha value is -2.67. The van der Waals surface area contributed by atoms with Crippen molar-refractivity contribution < 1.29 is 9.53 Å². The molecule has 0 saturated carbocycles. The fraction of sp³-hybridized carbons (Fsp3) is 0.278. The number of amides is 1. The molecular weight excluding hydrogens is 336 g/mol. The Labute approximate surface area is 150 Å². The van der Waals surface area contributed by atoms with E-state index in [1.165, 1.54) is 6.33 Å². The molecule has 7 heteroatoms. The van der Waals surface area contributed by atoms with E-state index in [-0.39, 0.29) is 5.91 Å². The van der Waals surface area contributed by atoms with Crippen molar-refractivity contribution in [3.63, 3.8) is 0 Å². The predicted molar refractivity (Wildman–Crippen MR) is 101 cm³/mol. The van der Waals surface area contributed by atoms with E-state index in [2.05, 4.69) is 20.7 Å². The van der Waals surface area contributed by atoms with Crippen LogP contribution in [0.15, 0.2) is 36.0 Å². The Kier molecular flexibility index (Phi) is 4.59. The van der Waals surface area contributed by atoms with Crippen LogP contribution in [0, 0.1) is 5.41 Å². The maximum atomic E-state index is 11.5. The molecule has 0 fully saturated rings. The predicted octanol–water partition coefficient (Wildman–Crippen LogP) is 3.29. The molecule has 3 aromatic rings. The third-order valence-electron chi connectivity index (χ3n) is 4.14. The Morgan fingerprint density at radius 2 is 2.00 bits per heavy atom. The summed E-state index contributed by atoms with van der Waals surface area (Å²) in [5.41, 5.74) is 6.88. The Morgan fingerprint density at radius 3 is 2.64 bits per heavy atom. The summed E-state index contributed by atoms with van der Waals surface area (Å²) < 4.78 is 5.22. The molecule has 0 saturated heterocycles. The van der Waals surface area contributed by atoms with E-state index in [4.69, 9.17) is 10.5 Å². The number of nitrogens with one attached hydrogen (secondary N) is 1. The Morgan fingerprint density at radius 1 is 1.28 bits per heavy atom. The lowest BCUT2D eigenvalue weighted by Crippen LogP contribution is -2.37. The highest BCUT2D eigenvalue weighted by Gasteiger charge is 2.25. The van der Waals surface area contributed by atoms with Crippen LogP contribution in [-0.2, 0) is 4.79 Å². The first kappa shape index (κ1) is 17.2. The molecule has 0 aliphatic heterocycles. The van der Waals surface area contributed by atoms with Gasteiger partial charge >= 0.3 is 0 Å². The molecule has 25 heavy (non-hydrogen) atoms. The number of methoxy groups -OCH3 is 1. The topological polar surface area (TPSA) is 90.1 Å². The van der Waals surface area contributed by atoms with Gasteiger partial charge in [-0.2, -0.15) is 0 Å². The number of nitrogens with zero attached hydrogens (tertiary/aromatic N) is 2. The second-order valence-electron chi connectivity index (χ2n) is 6.38. The van der Waals surface area contributed by atoms with Crippen molar-refractivity contribution in [2.24, 2.45) is 11.1 Å². The average Bonchev–Trinajstić information content (AvgIpc) is 3.04. The monoisotopic (exact) mass is 356 g/mol. The third kappa shape index (κ3) is 3.41. The van der Waals surface area contributed by atoms with Crippen molar-refractivity contribution in [1.29, 1.82) is 0 Å². The van der Waals surface area contributed by atoms with Crippen molar-refractivity contribution >= 4 is 33.3 Å². The molecule has 0 atom stereocenters. The maximum Gasteiger partial charge on any atom is 0.224 e. The van der Waals surface area contributed by atoms with Crippen LogP contribution in [-0.4, -0.2) is 29.5 Å². The molecule has 6 nitrogen and oxygen atoms in total. The third-order valence-corrected chi connectivity index (χ3v) is 5.02. The fourth-order valence-electron chi connectivity index (χ4n) is 2.38. The van der Waals surface area contributed by atoms with Gasteiger partial charge in [0.15, 0.2) is 0 Å². The number of hydrogen-bond donors (Lipinski definition) is 2. The zero-order valence-corrected chi connectivity index (χ0v) is 15.2. The first-order chi connectivity index (χ1) is 11.9. The van der Waals surface area contributed by atoms with Crippen LogP contribution in [0.25, 0.3) is 21.3 Å². The summed E-state index contributed by atoms with van der Waals surface area (Å²) in [5.74, 6) is 1.15. The normalized spacial score (nSPS) is 11.5. The first-order valence-corrected chi connectivity index (χ1v) is 8.71. The molecule has 2 aromatic heterocycles. The zero-order valence-electron chi connectivity index (χ0n) is 14.4. The molecule has 2 heterocycles. The minimum Gasteiger partial charge on any atom is -0.497 e. The Balaban J connectivity index is 1.99. The number of thiophene rings is 1. The highest BCUT2D eigenvalue weighted by molar-refractivity contribution is 7.17. The molecule has 130 valence electrons. The number of ether oxygens (including phenoxy) is 1. The van der Waals surface area contributed by atoms with Gasteiger partial charge in [0.1, 0.15) is 22.7 Å². The van der Waals surface area contributed by atoms with Gasteiger partial charge in [0.2, 0.25) is 5.91 Å². The number of carbonyl (C=O) groups excluding carboxylic acids is 1. The summed E-state index contributed by atoms with van der Waals surface area (Å²) in [6, 6.07) is 7.85. The van der Waals surface area contributed by atoms with Crippen molar-refractivity contribution in [2.75, 3.05) is 19.0 Å². The summed E-state index contributed by atoms with van der Waals surface area (Å²) in [6.45, 7) is 4.00. The van der Waals surface area contributed by atoms with Crippen LogP contribution >= 0.6 is 11.3 Å². The van der Waals surface area contributed by atoms with Gasteiger partial charge < -0.3 is 15.8 Å². The summed E-state index contributed by atoms with van der Waals surface area (Å²) in [7, 11) is 1.64. The van der Waals surface area contributed by atoms with Gasteiger partial charge in [-0.25, -0.2) is 9.97 Å². The van der Waals surface area contributed by atoms with Gasteiger partial charge in [0.25, 0.3) is 0 Å². The molecule has 1 amide bonds. The molecule has 1 aromatic carbocycles. The highest BCUT2D eigenvalue weighted by Crippen LogP contribution is 2.37. The summed E-state index contributed by atoms with van der Waals surface area (Å²) in [6.07, 6.45) is 1.52. The van der Waals surface area contributed by atoms with Crippen LogP contribution in [0.5, 0.6) is 5.75 Å². The van der Waals surface area contributed by atoms with Crippen molar-refractivity contribution in [1.82, 2.24) is 9.97 Å². The van der Waals surface area contributed by atoms with Gasteiger partial charge in [-0.1, -0.05) is 12.1 Å². The van der Waals surface area contributed by atoms with E-state index in [1.54, 1.807) is 32.3 Å². The molecule has 0 spiro atoms. The van der Waals surface area contributed by atoms with Gasteiger partial charge in [0.05, 0.1) is 17.9 Å². The zero-order chi connectivity index (χ0) is 18.0. The number of aromatic nitrogens is 2. The van der Waals surface area contributed by atoms with Crippen LogP contribution in [0.3, 0.4) is 0 Å². The lowest BCUT2D eigenvalue weighted by atomic mass is 9.93. The van der Waals surface area contributed by atoms with E-state index >= 15 is 0 Å². The number of carbonyl (C=O) groups is 1.